The first-order valence-corrected chi connectivity index (χ1v) is 9.47. The van der Waals surface area contributed by atoms with Crippen LogP contribution in [0.15, 0.2) is 27.9 Å². The maximum atomic E-state index is 9.21. The minimum absolute atomic E-state index is 0.452. The maximum Gasteiger partial charge on any atom is 0.232 e. The monoisotopic (exact) mass is 374 g/mol. The van der Waals surface area contributed by atoms with Crippen molar-refractivity contribution in [2.45, 2.75) is 44.6 Å². The van der Waals surface area contributed by atoms with Crippen LogP contribution in [0.25, 0.3) is 10.9 Å². The molecule has 2 aromatic heterocycles. The van der Waals surface area contributed by atoms with Gasteiger partial charge in [-0.2, -0.15) is 5.26 Å². The van der Waals surface area contributed by atoms with Crippen LogP contribution < -0.4 is 4.72 Å². The summed E-state index contributed by atoms with van der Waals surface area (Å²) in [6.45, 7) is 5.99. The molecule has 0 unspecified atom stereocenters. The van der Waals surface area contributed by atoms with Crippen LogP contribution in [0.3, 0.4) is 0 Å². The van der Waals surface area contributed by atoms with Crippen LogP contribution in [-0.4, -0.2) is 10.1 Å². The molecule has 1 saturated carbocycles. The molecule has 0 bridgehead atoms. The first-order chi connectivity index (χ1) is 12.2. The fourth-order valence-corrected chi connectivity index (χ4v) is 3.62. The summed E-state index contributed by atoms with van der Waals surface area (Å²) in [5.41, 5.74) is 4.32. The minimum atomic E-state index is 0.452. The summed E-state index contributed by atoms with van der Waals surface area (Å²) in [5, 5.41) is 15.4. The zero-order valence-electron chi connectivity index (χ0n) is 14.3. The van der Waals surface area contributed by atoms with Gasteiger partial charge < -0.3 is 14.2 Å². The number of benzene rings is 1. The molecule has 1 fully saturated rings. The number of rotatable bonds is 4. The molecule has 2 heterocycles. The van der Waals surface area contributed by atoms with Crippen molar-refractivity contribution in [1.82, 2.24) is 10.1 Å². The van der Waals surface area contributed by atoms with Gasteiger partial charge in [0.2, 0.25) is 5.09 Å². The average molecular weight is 375 g/mol. The lowest BCUT2D eigenvalue weighted by Gasteiger charge is -2.06. The van der Waals surface area contributed by atoms with E-state index in [1.807, 2.05) is 32.9 Å². The van der Waals surface area contributed by atoms with E-state index >= 15 is 0 Å². The molecule has 5 nitrogen and oxygen atoms in total. The number of nitriles is 1. The number of aromatic amines is 1. The van der Waals surface area contributed by atoms with E-state index < -0.39 is 0 Å². The average Bonchev–Trinajstić information content (AvgIpc) is 3.27. The van der Waals surface area contributed by atoms with Gasteiger partial charge in [-0.05, 0) is 31.4 Å². The molecule has 0 saturated heterocycles. The normalized spacial score (nSPS) is 13.2. The highest BCUT2D eigenvalue weighted by Crippen LogP contribution is 2.45. The molecule has 25 heavy (non-hydrogen) atoms. The molecule has 1 aliphatic rings. The van der Waals surface area contributed by atoms with E-state index in [-0.39, 0.29) is 0 Å². The van der Waals surface area contributed by atoms with Gasteiger partial charge in [-0.1, -0.05) is 36.7 Å². The number of nitrogens with zero attached hydrogens (tertiary/aromatic N) is 2. The lowest BCUT2D eigenvalue weighted by atomic mass is 10.1. The molecule has 0 aliphatic heterocycles. The third-order valence-corrected chi connectivity index (χ3v) is 5.28. The van der Waals surface area contributed by atoms with E-state index in [0.29, 0.717) is 21.6 Å². The Labute approximate surface area is 155 Å². The number of nitrogens with one attached hydrogen (secondary N) is 2. The quantitative estimate of drug-likeness (QED) is 0.546. The fourth-order valence-electron chi connectivity index (χ4n) is 2.64. The molecule has 4 rings (SSSR count). The van der Waals surface area contributed by atoms with Crippen LogP contribution in [0.4, 0.5) is 5.69 Å². The first kappa shape index (κ1) is 17.7. The molecule has 0 spiro atoms. The van der Waals surface area contributed by atoms with Crippen LogP contribution in [0.1, 0.15) is 49.4 Å². The smallest absolute Gasteiger partial charge is 0.232 e. The number of halogens is 1. The van der Waals surface area contributed by atoms with Gasteiger partial charge in [-0.15, -0.1) is 0 Å². The van der Waals surface area contributed by atoms with Crippen molar-refractivity contribution < 1.29 is 4.52 Å². The zero-order chi connectivity index (χ0) is 18.0. The van der Waals surface area contributed by atoms with Crippen molar-refractivity contribution in [1.29, 1.82) is 5.26 Å². The van der Waals surface area contributed by atoms with Gasteiger partial charge in [0.15, 0.2) is 0 Å². The first-order valence-electron chi connectivity index (χ1n) is 8.27. The Morgan fingerprint density at radius 1 is 1.40 bits per heavy atom. The molecular formula is C18H19ClN4OS. The van der Waals surface area contributed by atoms with E-state index in [1.54, 1.807) is 6.20 Å². The van der Waals surface area contributed by atoms with Crippen LogP contribution >= 0.6 is 23.5 Å². The summed E-state index contributed by atoms with van der Waals surface area (Å²) < 4.78 is 8.58. The standard InChI is InChI=1S/C16H13ClN4OS.C2H6/c1-8-2-5-11(15-12(8)10(6-18)7-19-15)21-23-16-13(17)14(20-22-16)9-3-4-9;1-2/h2,5,7,9,19,21H,3-4H2,1H3;1-2H3. The number of H-pyrrole nitrogens is 1. The topological polar surface area (TPSA) is 77.6 Å². The van der Waals surface area contributed by atoms with Crippen LogP contribution in [0.2, 0.25) is 5.02 Å². The van der Waals surface area contributed by atoms with Gasteiger partial charge in [0.05, 0.1) is 16.8 Å². The van der Waals surface area contributed by atoms with Crippen LogP contribution in [0.5, 0.6) is 0 Å². The second kappa shape index (κ2) is 7.42. The Morgan fingerprint density at radius 2 is 2.16 bits per heavy atom. The summed E-state index contributed by atoms with van der Waals surface area (Å²) in [7, 11) is 0. The highest BCUT2D eigenvalue weighted by Gasteiger charge is 2.31. The van der Waals surface area contributed by atoms with Gasteiger partial charge in [0.1, 0.15) is 16.8 Å². The largest absolute Gasteiger partial charge is 0.358 e. The van der Waals surface area contributed by atoms with E-state index in [4.69, 9.17) is 16.1 Å². The molecule has 1 aliphatic carbocycles. The third-order valence-electron chi connectivity index (χ3n) is 4.01. The minimum Gasteiger partial charge on any atom is -0.358 e. The van der Waals surface area contributed by atoms with E-state index in [0.717, 1.165) is 40.7 Å². The molecule has 7 heteroatoms. The van der Waals surface area contributed by atoms with E-state index in [9.17, 15) is 5.26 Å². The van der Waals surface area contributed by atoms with Crippen molar-refractivity contribution in [3.05, 3.63) is 40.2 Å². The van der Waals surface area contributed by atoms with Crippen molar-refractivity contribution >= 4 is 40.1 Å². The van der Waals surface area contributed by atoms with Crippen molar-refractivity contribution in [2.75, 3.05) is 4.72 Å². The Bertz CT molecular complexity index is 937. The lowest BCUT2D eigenvalue weighted by molar-refractivity contribution is 0.345. The molecule has 0 amide bonds. The number of aryl methyl sites for hydroxylation is 1. The molecular weight excluding hydrogens is 356 g/mol. The highest BCUT2D eigenvalue weighted by molar-refractivity contribution is 8.00. The summed E-state index contributed by atoms with van der Waals surface area (Å²) in [6.07, 6.45) is 3.98. The van der Waals surface area contributed by atoms with Crippen molar-refractivity contribution in [2.24, 2.45) is 0 Å². The number of hydrogen-bond donors (Lipinski definition) is 2. The van der Waals surface area contributed by atoms with Crippen molar-refractivity contribution in [3.63, 3.8) is 0 Å². The van der Waals surface area contributed by atoms with Gasteiger partial charge in [0, 0.05) is 29.4 Å². The molecule has 3 aromatic rings. The maximum absolute atomic E-state index is 9.21. The van der Waals surface area contributed by atoms with Crippen LogP contribution in [-0.2, 0) is 0 Å². The second-order valence-corrected chi connectivity index (χ2v) is 6.80. The predicted octanol–water partition coefficient (Wildman–Crippen LogP) is 6.01. The van der Waals surface area contributed by atoms with Gasteiger partial charge >= 0.3 is 0 Å². The lowest BCUT2D eigenvalue weighted by Crippen LogP contribution is -1.89. The molecule has 2 N–H and O–H groups in total. The number of anilines is 1. The predicted molar refractivity (Wildman–Crippen MR) is 102 cm³/mol. The van der Waals surface area contributed by atoms with Gasteiger partial charge in [0.25, 0.3) is 0 Å². The number of hydrogen-bond acceptors (Lipinski definition) is 5. The van der Waals surface area contributed by atoms with E-state index in [2.05, 4.69) is 20.9 Å². The van der Waals surface area contributed by atoms with Crippen molar-refractivity contribution in [3.8, 4) is 6.07 Å². The molecule has 1 aromatic carbocycles. The molecule has 0 atom stereocenters. The Balaban J connectivity index is 0.000000880. The molecule has 130 valence electrons. The SMILES string of the molecule is CC.Cc1ccc(NSc2onc(C3CC3)c2Cl)c2[nH]cc(C#N)c12. The summed E-state index contributed by atoms with van der Waals surface area (Å²) in [6, 6.07) is 6.16. The van der Waals surface area contributed by atoms with E-state index in [1.165, 1.54) is 11.9 Å². The van der Waals surface area contributed by atoms with Gasteiger partial charge in [-0.25, -0.2) is 0 Å². The summed E-state index contributed by atoms with van der Waals surface area (Å²) in [5.74, 6) is 0.452. The van der Waals surface area contributed by atoms with Gasteiger partial charge in [-0.3, -0.25) is 0 Å². The fraction of sp³-hybridized carbons (Fsp3) is 0.333. The number of aromatic nitrogens is 2. The highest BCUT2D eigenvalue weighted by atomic mass is 35.5. The molecule has 0 radical (unpaired) electrons. The Hall–Kier alpha value is -2.10. The van der Waals surface area contributed by atoms with Crippen LogP contribution in [0, 0.1) is 18.3 Å². The Morgan fingerprint density at radius 3 is 2.84 bits per heavy atom. The Kier molecular flexibility index (Phi) is 5.26. The summed E-state index contributed by atoms with van der Waals surface area (Å²) >= 11 is 7.62. The second-order valence-electron chi connectivity index (χ2n) is 5.64. The third kappa shape index (κ3) is 3.35. The summed E-state index contributed by atoms with van der Waals surface area (Å²) in [4.78, 5) is 3.16. The number of fused-ring (bicyclic) bond motifs is 1. The zero-order valence-corrected chi connectivity index (χ0v) is 15.9.